The van der Waals surface area contributed by atoms with Gasteiger partial charge >= 0.3 is 5.97 Å². The number of hydrogen-bond donors (Lipinski definition) is 1. The van der Waals surface area contributed by atoms with Crippen LogP contribution in [0.15, 0.2) is 28.1 Å². The molecular weight excluding hydrogens is 276 g/mol. The average Bonchev–Trinajstić information content (AvgIpc) is 3.09. The Morgan fingerprint density at radius 1 is 1.60 bits per heavy atom. The summed E-state index contributed by atoms with van der Waals surface area (Å²) in [5.74, 6) is -0.0358. The number of hydrogen-bond acceptors (Lipinski definition) is 5. The number of aliphatic carboxylic acids is 1. The van der Waals surface area contributed by atoms with E-state index in [4.69, 9.17) is 9.63 Å². The molecule has 2 aromatic heterocycles. The second-order valence-corrected chi connectivity index (χ2v) is 6.22. The fraction of sp³-hybridized carbons (Fsp3) is 0.429. The summed E-state index contributed by atoms with van der Waals surface area (Å²) in [6, 6.07) is 5.90. The van der Waals surface area contributed by atoms with E-state index in [1.54, 1.807) is 11.3 Å². The molecule has 0 unspecified atom stereocenters. The number of carboxylic acids is 1. The van der Waals surface area contributed by atoms with Gasteiger partial charge in [-0.2, -0.15) is 0 Å². The van der Waals surface area contributed by atoms with Crippen molar-refractivity contribution in [3.63, 3.8) is 0 Å². The summed E-state index contributed by atoms with van der Waals surface area (Å²) < 4.78 is 5.34. The molecule has 1 N–H and O–H groups in total. The highest BCUT2D eigenvalue weighted by Gasteiger charge is 2.34. The Labute approximate surface area is 120 Å². The third-order valence-electron chi connectivity index (χ3n) is 3.71. The summed E-state index contributed by atoms with van der Waals surface area (Å²) in [6.07, 6.45) is 0. The van der Waals surface area contributed by atoms with E-state index < -0.39 is 5.97 Å². The van der Waals surface area contributed by atoms with Gasteiger partial charge in [-0.1, -0.05) is 18.1 Å². The Morgan fingerprint density at radius 2 is 2.45 bits per heavy atom. The zero-order valence-corrected chi connectivity index (χ0v) is 12.0. The molecule has 1 aliphatic heterocycles. The summed E-state index contributed by atoms with van der Waals surface area (Å²) in [5, 5.41) is 15.2. The smallest absolute Gasteiger partial charge is 0.308 e. The molecule has 0 spiro atoms. The fourth-order valence-electron chi connectivity index (χ4n) is 2.67. The normalized spacial score (nSPS) is 23.2. The number of thiophene rings is 1. The van der Waals surface area contributed by atoms with Crippen molar-refractivity contribution in [2.75, 3.05) is 13.1 Å². The molecule has 2 atom stereocenters. The van der Waals surface area contributed by atoms with Crippen LogP contribution in [-0.4, -0.2) is 34.2 Å². The van der Waals surface area contributed by atoms with Gasteiger partial charge in [-0.3, -0.25) is 9.69 Å². The van der Waals surface area contributed by atoms with Crippen LogP contribution in [0.3, 0.4) is 0 Å². The van der Waals surface area contributed by atoms with Crippen LogP contribution in [0.5, 0.6) is 0 Å². The molecule has 6 heteroatoms. The molecule has 1 fully saturated rings. The van der Waals surface area contributed by atoms with Gasteiger partial charge in [0.25, 0.3) is 0 Å². The summed E-state index contributed by atoms with van der Waals surface area (Å²) in [7, 11) is 0. The quantitative estimate of drug-likeness (QED) is 0.938. The molecule has 2 aromatic rings. The summed E-state index contributed by atoms with van der Waals surface area (Å²) >= 11 is 1.61. The maximum Gasteiger partial charge on any atom is 0.308 e. The molecule has 0 saturated carbocycles. The number of rotatable bonds is 4. The first-order chi connectivity index (χ1) is 9.63. The van der Waals surface area contributed by atoms with Crippen molar-refractivity contribution < 1.29 is 14.4 Å². The Morgan fingerprint density at radius 3 is 3.10 bits per heavy atom. The van der Waals surface area contributed by atoms with Crippen molar-refractivity contribution >= 4 is 17.3 Å². The van der Waals surface area contributed by atoms with E-state index in [-0.39, 0.29) is 11.8 Å². The molecule has 0 radical (unpaired) electrons. The van der Waals surface area contributed by atoms with Crippen molar-refractivity contribution in [2.24, 2.45) is 11.8 Å². The van der Waals surface area contributed by atoms with Crippen LogP contribution >= 0.6 is 11.3 Å². The van der Waals surface area contributed by atoms with E-state index in [9.17, 15) is 4.79 Å². The molecule has 0 aliphatic carbocycles. The Kier molecular flexibility index (Phi) is 3.58. The van der Waals surface area contributed by atoms with Crippen LogP contribution < -0.4 is 0 Å². The summed E-state index contributed by atoms with van der Waals surface area (Å²) in [4.78, 5) is 14.3. The third-order valence-corrected chi connectivity index (χ3v) is 4.60. The first-order valence-corrected chi connectivity index (χ1v) is 7.46. The summed E-state index contributed by atoms with van der Waals surface area (Å²) in [5.41, 5.74) is 0.853. The van der Waals surface area contributed by atoms with E-state index in [1.807, 2.05) is 30.5 Å². The highest BCUT2D eigenvalue weighted by Crippen LogP contribution is 2.27. The van der Waals surface area contributed by atoms with Crippen molar-refractivity contribution in [2.45, 2.75) is 13.5 Å². The molecule has 3 rings (SSSR count). The molecule has 106 valence electrons. The number of carbonyl (C=O) groups is 1. The zero-order valence-electron chi connectivity index (χ0n) is 11.2. The molecule has 0 bridgehead atoms. The topological polar surface area (TPSA) is 66.6 Å². The second kappa shape index (κ2) is 5.38. The molecular formula is C14H16N2O3S. The number of nitrogens with zero attached hydrogens (tertiary/aromatic N) is 2. The predicted octanol–water partition coefficient (Wildman–Crippen LogP) is 2.56. The molecule has 1 aliphatic rings. The van der Waals surface area contributed by atoms with Gasteiger partial charge in [0.2, 0.25) is 0 Å². The zero-order chi connectivity index (χ0) is 14.1. The molecule has 20 heavy (non-hydrogen) atoms. The lowest BCUT2D eigenvalue weighted by atomic mass is 9.99. The van der Waals surface area contributed by atoms with Crippen molar-refractivity contribution in [1.29, 1.82) is 0 Å². The number of likely N-dealkylation sites (tertiary alicyclic amines) is 1. The van der Waals surface area contributed by atoms with Crippen LogP contribution in [0.4, 0.5) is 0 Å². The highest BCUT2D eigenvalue weighted by atomic mass is 32.1. The van der Waals surface area contributed by atoms with E-state index in [0.29, 0.717) is 13.1 Å². The van der Waals surface area contributed by atoms with E-state index in [2.05, 4.69) is 10.1 Å². The molecule has 5 nitrogen and oxygen atoms in total. The fourth-order valence-corrected chi connectivity index (χ4v) is 3.34. The molecule has 3 heterocycles. The van der Waals surface area contributed by atoms with Crippen molar-refractivity contribution in [1.82, 2.24) is 10.1 Å². The van der Waals surface area contributed by atoms with Crippen LogP contribution in [0.2, 0.25) is 0 Å². The van der Waals surface area contributed by atoms with Crippen LogP contribution in [0.25, 0.3) is 10.6 Å². The Hall–Kier alpha value is -1.66. The van der Waals surface area contributed by atoms with Crippen molar-refractivity contribution in [3.05, 3.63) is 29.3 Å². The van der Waals surface area contributed by atoms with Gasteiger partial charge in [-0.25, -0.2) is 0 Å². The van der Waals surface area contributed by atoms with Gasteiger partial charge in [0, 0.05) is 25.7 Å². The van der Waals surface area contributed by atoms with E-state index in [1.165, 1.54) is 0 Å². The molecule has 0 aromatic carbocycles. The van der Waals surface area contributed by atoms with Crippen LogP contribution in [0, 0.1) is 11.8 Å². The Bertz CT molecular complexity index is 593. The second-order valence-electron chi connectivity index (χ2n) is 5.28. The summed E-state index contributed by atoms with van der Waals surface area (Å²) in [6.45, 7) is 4.00. The lowest BCUT2D eigenvalue weighted by Gasteiger charge is -2.12. The minimum Gasteiger partial charge on any atom is -0.481 e. The SMILES string of the molecule is C[C@@H]1CN(Cc2cc(-c3cccs3)on2)C[C@H]1C(=O)O. The third kappa shape index (κ3) is 2.62. The van der Waals surface area contributed by atoms with Gasteiger partial charge in [-0.15, -0.1) is 11.3 Å². The van der Waals surface area contributed by atoms with Gasteiger partial charge < -0.3 is 9.63 Å². The first kappa shape index (κ1) is 13.3. The Balaban J connectivity index is 1.66. The standard InChI is InChI=1S/C14H16N2O3S/c1-9-6-16(8-11(9)14(17)18)7-10-5-12(19-15-10)13-3-2-4-20-13/h2-5,9,11H,6-8H2,1H3,(H,17,18)/t9-,11-/m1/s1. The monoisotopic (exact) mass is 292 g/mol. The minimum absolute atomic E-state index is 0.177. The van der Waals surface area contributed by atoms with Crippen molar-refractivity contribution in [3.8, 4) is 10.6 Å². The van der Waals surface area contributed by atoms with Gasteiger partial charge in [-0.05, 0) is 17.4 Å². The minimum atomic E-state index is -0.709. The largest absolute Gasteiger partial charge is 0.481 e. The van der Waals surface area contributed by atoms with Gasteiger partial charge in [0.1, 0.15) is 0 Å². The average molecular weight is 292 g/mol. The lowest BCUT2D eigenvalue weighted by molar-refractivity contribution is -0.142. The molecule has 0 amide bonds. The predicted molar refractivity (Wildman–Crippen MR) is 75.4 cm³/mol. The maximum absolute atomic E-state index is 11.1. The van der Waals surface area contributed by atoms with Gasteiger partial charge in [0.05, 0.1) is 16.5 Å². The van der Waals surface area contributed by atoms with Gasteiger partial charge in [0.15, 0.2) is 5.76 Å². The van der Waals surface area contributed by atoms with Crippen LogP contribution in [-0.2, 0) is 11.3 Å². The van der Waals surface area contributed by atoms with E-state index in [0.717, 1.165) is 22.9 Å². The van der Waals surface area contributed by atoms with Crippen LogP contribution in [0.1, 0.15) is 12.6 Å². The maximum atomic E-state index is 11.1. The number of aromatic nitrogens is 1. The highest BCUT2D eigenvalue weighted by molar-refractivity contribution is 7.13. The molecule has 1 saturated heterocycles. The van der Waals surface area contributed by atoms with E-state index >= 15 is 0 Å². The lowest BCUT2D eigenvalue weighted by Crippen LogP contribution is -2.23. The first-order valence-electron chi connectivity index (χ1n) is 6.58. The number of carboxylic acid groups (broad SMARTS) is 1.